The number of nitrogen functional groups attached to an aromatic ring is 2. The molecule has 0 amide bonds. The van der Waals surface area contributed by atoms with E-state index < -0.39 is 0 Å². The molecule has 2 aromatic heterocycles. The summed E-state index contributed by atoms with van der Waals surface area (Å²) in [6.07, 6.45) is 0. The van der Waals surface area contributed by atoms with Crippen molar-refractivity contribution in [1.29, 1.82) is 0 Å². The SMILES string of the molecule is Cc1cc(N)no1.Cc1cc(N)on1. The van der Waals surface area contributed by atoms with Gasteiger partial charge in [0, 0.05) is 12.1 Å². The van der Waals surface area contributed by atoms with Crippen molar-refractivity contribution in [3.05, 3.63) is 23.6 Å². The van der Waals surface area contributed by atoms with Gasteiger partial charge < -0.3 is 20.5 Å². The third-order valence-electron chi connectivity index (χ3n) is 1.29. The van der Waals surface area contributed by atoms with Crippen LogP contribution in [0.15, 0.2) is 21.2 Å². The third kappa shape index (κ3) is 3.18. The van der Waals surface area contributed by atoms with Crippen LogP contribution in [0.2, 0.25) is 0 Å². The molecule has 0 spiro atoms. The second kappa shape index (κ2) is 4.31. The van der Waals surface area contributed by atoms with Gasteiger partial charge in [-0.3, -0.25) is 0 Å². The highest BCUT2D eigenvalue weighted by Gasteiger charge is 1.89. The van der Waals surface area contributed by atoms with Gasteiger partial charge in [0.05, 0.1) is 5.69 Å². The Morgan fingerprint density at radius 1 is 1.07 bits per heavy atom. The number of anilines is 2. The van der Waals surface area contributed by atoms with Crippen LogP contribution in [0.3, 0.4) is 0 Å². The molecule has 0 radical (unpaired) electrons. The minimum Gasteiger partial charge on any atom is -0.381 e. The summed E-state index contributed by atoms with van der Waals surface area (Å²) in [5.74, 6) is 1.56. The number of aryl methyl sites for hydroxylation is 2. The summed E-state index contributed by atoms with van der Waals surface area (Å²) in [6.45, 7) is 3.61. The maximum absolute atomic E-state index is 5.17. The second-order valence-electron chi connectivity index (χ2n) is 2.73. The lowest BCUT2D eigenvalue weighted by molar-refractivity contribution is 0.400. The monoisotopic (exact) mass is 196 g/mol. The Labute approximate surface area is 80.8 Å². The van der Waals surface area contributed by atoms with E-state index in [1.165, 1.54) is 0 Å². The van der Waals surface area contributed by atoms with Crippen LogP contribution >= 0.6 is 0 Å². The summed E-state index contributed by atoms with van der Waals surface area (Å²) >= 11 is 0. The van der Waals surface area contributed by atoms with Crippen LogP contribution in [0.5, 0.6) is 0 Å². The van der Waals surface area contributed by atoms with Gasteiger partial charge in [0.25, 0.3) is 0 Å². The summed E-state index contributed by atoms with van der Waals surface area (Å²) in [5.41, 5.74) is 11.1. The number of nitrogens with zero attached hydrogens (tertiary/aromatic N) is 2. The molecule has 0 fully saturated rings. The Hall–Kier alpha value is -1.98. The van der Waals surface area contributed by atoms with Crippen molar-refractivity contribution in [1.82, 2.24) is 10.3 Å². The van der Waals surface area contributed by atoms with Gasteiger partial charge in [-0.2, -0.15) is 0 Å². The Kier molecular flexibility index (Phi) is 3.11. The van der Waals surface area contributed by atoms with Crippen LogP contribution in [-0.4, -0.2) is 10.3 Å². The minimum atomic E-state index is 0.373. The summed E-state index contributed by atoms with van der Waals surface area (Å²) in [5, 5.41) is 6.94. The fraction of sp³-hybridized carbons (Fsp3) is 0.250. The fourth-order valence-corrected chi connectivity index (χ4v) is 0.769. The van der Waals surface area contributed by atoms with E-state index in [1.807, 2.05) is 6.92 Å². The van der Waals surface area contributed by atoms with E-state index in [4.69, 9.17) is 11.5 Å². The normalized spacial score (nSPS) is 9.29. The van der Waals surface area contributed by atoms with Gasteiger partial charge in [0.2, 0.25) is 5.88 Å². The van der Waals surface area contributed by atoms with Crippen molar-refractivity contribution in [2.24, 2.45) is 0 Å². The lowest BCUT2D eigenvalue weighted by Crippen LogP contribution is -1.79. The van der Waals surface area contributed by atoms with Crippen molar-refractivity contribution >= 4 is 11.7 Å². The van der Waals surface area contributed by atoms with Gasteiger partial charge >= 0.3 is 0 Å². The Balaban J connectivity index is 0.000000140. The molecule has 2 aromatic rings. The molecule has 0 aliphatic rings. The molecule has 14 heavy (non-hydrogen) atoms. The van der Waals surface area contributed by atoms with Crippen molar-refractivity contribution in [2.45, 2.75) is 13.8 Å². The van der Waals surface area contributed by atoms with Crippen molar-refractivity contribution in [3.8, 4) is 0 Å². The lowest BCUT2D eigenvalue weighted by Gasteiger charge is -1.67. The van der Waals surface area contributed by atoms with Crippen LogP contribution in [0.1, 0.15) is 11.5 Å². The van der Waals surface area contributed by atoms with Crippen molar-refractivity contribution in [3.63, 3.8) is 0 Å². The quantitative estimate of drug-likeness (QED) is 0.654. The maximum Gasteiger partial charge on any atom is 0.222 e. The predicted octanol–water partition coefficient (Wildman–Crippen LogP) is 1.13. The molecule has 2 rings (SSSR count). The first-order chi connectivity index (χ1) is 6.58. The highest BCUT2D eigenvalue weighted by Crippen LogP contribution is 2.00. The van der Waals surface area contributed by atoms with E-state index >= 15 is 0 Å². The number of nitrogens with two attached hydrogens (primary N) is 2. The molecular weight excluding hydrogens is 184 g/mol. The standard InChI is InChI=1S/2C4H6N2O/c1-3-2-4(5)6-7-3;1-3-2-4(5)7-6-3/h2H,1H3,(H2,5,6);2H,5H2,1H3. The average molecular weight is 196 g/mol. The molecular formula is C8H12N4O2. The highest BCUT2D eigenvalue weighted by molar-refractivity contribution is 5.25. The summed E-state index contributed by atoms with van der Waals surface area (Å²) in [4.78, 5) is 0. The Morgan fingerprint density at radius 2 is 1.79 bits per heavy atom. The molecule has 0 saturated carbocycles. The summed E-state index contributed by atoms with van der Waals surface area (Å²) in [7, 11) is 0. The largest absolute Gasteiger partial charge is 0.381 e. The van der Waals surface area contributed by atoms with Crippen LogP contribution in [0.25, 0.3) is 0 Å². The average Bonchev–Trinajstić information content (AvgIpc) is 2.63. The number of aromatic nitrogens is 2. The molecule has 0 aliphatic heterocycles. The number of hydrogen-bond donors (Lipinski definition) is 2. The molecule has 0 saturated heterocycles. The first-order valence-electron chi connectivity index (χ1n) is 3.95. The smallest absolute Gasteiger partial charge is 0.222 e. The van der Waals surface area contributed by atoms with Crippen LogP contribution in [0.4, 0.5) is 11.7 Å². The Morgan fingerprint density at radius 3 is 1.93 bits per heavy atom. The van der Waals surface area contributed by atoms with Crippen LogP contribution < -0.4 is 11.5 Å². The molecule has 0 unspecified atom stereocenters. The van der Waals surface area contributed by atoms with E-state index in [1.54, 1.807) is 19.1 Å². The van der Waals surface area contributed by atoms with Crippen molar-refractivity contribution < 1.29 is 9.05 Å². The third-order valence-corrected chi connectivity index (χ3v) is 1.29. The van der Waals surface area contributed by atoms with E-state index in [-0.39, 0.29) is 0 Å². The van der Waals surface area contributed by atoms with Gasteiger partial charge in [-0.1, -0.05) is 10.3 Å². The molecule has 76 valence electrons. The zero-order valence-electron chi connectivity index (χ0n) is 8.02. The van der Waals surface area contributed by atoms with Gasteiger partial charge in [-0.25, -0.2) is 0 Å². The van der Waals surface area contributed by atoms with E-state index in [0.29, 0.717) is 11.7 Å². The molecule has 6 nitrogen and oxygen atoms in total. The minimum absolute atomic E-state index is 0.373. The summed E-state index contributed by atoms with van der Waals surface area (Å²) < 4.78 is 9.08. The zero-order valence-corrected chi connectivity index (χ0v) is 8.02. The van der Waals surface area contributed by atoms with Gasteiger partial charge in [-0.05, 0) is 13.8 Å². The summed E-state index contributed by atoms with van der Waals surface area (Å²) in [6, 6.07) is 3.33. The molecule has 4 N–H and O–H groups in total. The van der Waals surface area contributed by atoms with E-state index in [9.17, 15) is 0 Å². The molecule has 0 bridgehead atoms. The topological polar surface area (TPSA) is 104 Å². The number of rotatable bonds is 0. The first kappa shape index (κ1) is 10.1. The van der Waals surface area contributed by atoms with Gasteiger partial charge in [0.1, 0.15) is 5.76 Å². The van der Waals surface area contributed by atoms with Crippen LogP contribution in [0, 0.1) is 13.8 Å². The Bertz CT molecular complexity index is 322. The van der Waals surface area contributed by atoms with Crippen LogP contribution in [-0.2, 0) is 0 Å². The lowest BCUT2D eigenvalue weighted by atomic mass is 10.5. The molecule has 2 heterocycles. The highest BCUT2D eigenvalue weighted by atomic mass is 16.5. The van der Waals surface area contributed by atoms with E-state index in [2.05, 4.69) is 19.4 Å². The zero-order chi connectivity index (χ0) is 10.6. The first-order valence-corrected chi connectivity index (χ1v) is 3.95. The van der Waals surface area contributed by atoms with Gasteiger partial charge in [0.15, 0.2) is 5.82 Å². The molecule has 0 aliphatic carbocycles. The molecule has 0 atom stereocenters. The van der Waals surface area contributed by atoms with E-state index in [0.717, 1.165) is 11.5 Å². The molecule has 6 heteroatoms. The predicted molar refractivity (Wildman–Crippen MR) is 51.3 cm³/mol. The van der Waals surface area contributed by atoms with Crippen molar-refractivity contribution in [2.75, 3.05) is 11.5 Å². The maximum atomic E-state index is 5.17. The number of hydrogen-bond acceptors (Lipinski definition) is 6. The van der Waals surface area contributed by atoms with Gasteiger partial charge in [-0.15, -0.1) is 0 Å². The fourth-order valence-electron chi connectivity index (χ4n) is 0.769. The molecule has 0 aromatic carbocycles. The second-order valence-corrected chi connectivity index (χ2v) is 2.73.